The second kappa shape index (κ2) is 6.28. The van der Waals surface area contributed by atoms with Crippen LogP contribution in [0.3, 0.4) is 0 Å². The van der Waals surface area contributed by atoms with Gasteiger partial charge in [-0.1, -0.05) is 24.3 Å². The Balaban J connectivity index is 1.63. The summed E-state index contributed by atoms with van der Waals surface area (Å²) in [5.74, 6) is 0.847. The summed E-state index contributed by atoms with van der Waals surface area (Å²) in [5.41, 5.74) is 3.12. The largest absolute Gasteiger partial charge is 0.307 e. The van der Waals surface area contributed by atoms with E-state index in [9.17, 15) is 0 Å². The summed E-state index contributed by atoms with van der Waals surface area (Å²) in [6, 6.07) is 10.2. The number of benzene rings is 1. The Morgan fingerprint density at radius 3 is 2.70 bits per heavy atom. The number of likely N-dealkylation sites (tertiary alicyclic amines) is 1. The fourth-order valence-corrected chi connectivity index (χ4v) is 3.91. The molecule has 0 bridgehead atoms. The van der Waals surface area contributed by atoms with Crippen LogP contribution < -0.4 is 5.32 Å². The van der Waals surface area contributed by atoms with E-state index in [4.69, 9.17) is 0 Å². The lowest BCUT2D eigenvalue weighted by atomic mass is 9.85. The molecule has 0 aromatic heterocycles. The Labute approximate surface area is 123 Å². The predicted molar refractivity (Wildman–Crippen MR) is 84.9 cm³/mol. The molecule has 1 aliphatic heterocycles. The molecule has 3 rings (SSSR count). The van der Waals surface area contributed by atoms with Gasteiger partial charge < -0.3 is 10.2 Å². The molecule has 2 unspecified atom stereocenters. The van der Waals surface area contributed by atoms with E-state index in [1.807, 2.05) is 0 Å². The molecule has 2 heteroatoms. The molecule has 0 saturated carbocycles. The number of piperidine rings is 1. The van der Waals surface area contributed by atoms with Crippen molar-refractivity contribution in [3.63, 3.8) is 0 Å². The van der Waals surface area contributed by atoms with E-state index in [-0.39, 0.29) is 0 Å². The van der Waals surface area contributed by atoms with Crippen LogP contribution in [0.25, 0.3) is 0 Å². The summed E-state index contributed by atoms with van der Waals surface area (Å²) >= 11 is 0. The Morgan fingerprint density at radius 2 is 1.90 bits per heavy atom. The lowest BCUT2D eigenvalue weighted by molar-refractivity contribution is 0.182. The van der Waals surface area contributed by atoms with Gasteiger partial charge in [-0.2, -0.15) is 0 Å². The van der Waals surface area contributed by atoms with E-state index in [0.717, 1.165) is 5.92 Å². The lowest BCUT2D eigenvalue weighted by Gasteiger charge is -2.36. The number of aryl methyl sites for hydroxylation is 1. The van der Waals surface area contributed by atoms with Gasteiger partial charge in [-0.05, 0) is 76.2 Å². The molecule has 1 aromatic rings. The third kappa shape index (κ3) is 3.07. The van der Waals surface area contributed by atoms with Crippen LogP contribution in [0.1, 0.15) is 49.8 Å². The summed E-state index contributed by atoms with van der Waals surface area (Å²) in [6.45, 7) is 4.92. The SMILES string of the molecule is CC(NC1CCCc2ccccc21)C1CCN(C)CC1. The summed E-state index contributed by atoms with van der Waals surface area (Å²) in [5, 5.41) is 3.94. The minimum Gasteiger partial charge on any atom is -0.307 e. The minimum absolute atomic E-state index is 0.578. The Bertz CT molecular complexity index is 435. The average Bonchev–Trinajstić information content (AvgIpc) is 2.48. The van der Waals surface area contributed by atoms with E-state index >= 15 is 0 Å². The highest BCUT2D eigenvalue weighted by atomic mass is 15.1. The molecule has 1 fully saturated rings. The number of hydrogen-bond acceptors (Lipinski definition) is 2. The van der Waals surface area contributed by atoms with Crippen molar-refractivity contribution in [3.8, 4) is 0 Å². The van der Waals surface area contributed by atoms with E-state index in [0.29, 0.717) is 12.1 Å². The zero-order valence-corrected chi connectivity index (χ0v) is 12.9. The molecule has 0 spiro atoms. The van der Waals surface area contributed by atoms with Crippen LogP contribution in [0, 0.1) is 5.92 Å². The zero-order chi connectivity index (χ0) is 13.9. The fourth-order valence-electron chi connectivity index (χ4n) is 3.91. The average molecular weight is 272 g/mol. The topological polar surface area (TPSA) is 15.3 Å². The molecule has 1 saturated heterocycles. The van der Waals surface area contributed by atoms with Gasteiger partial charge in [-0.3, -0.25) is 0 Å². The van der Waals surface area contributed by atoms with E-state index in [1.54, 1.807) is 11.1 Å². The summed E-state index contributed by atoms with van der Waals surface area (Å²) < 4.78 is 0. The highest BCUT2D eigenvalue weighted by Gasteiger charge is 2.26. The van der Waals surface area contributed by atoms with Crippen LogP contribution in [0.15, 0.2) is 24.3 Å². The van der Waals surface area contributed by atoms with Crippen molar-refractivity contribution in [1.82, 2.24) is 10.2 Å². The fraction of sp³-hybridized carbons (Fsp3) is 0.667. The maximum Gasteiger partial charge on any atom is 0.0325 e. The third-order valence-electron chi connectivity index (χ3n) is 5.30. The molecular formula is C18H28N2. The number of rotatable bonds is 3. The Hall–Kier alpha value is -0.860. The third-order valence-corrected chi connectivity index (χ3v) is 5.30. The van der Waals surface area contributed by atoms with Crippen molar-refractivity contribution in [2.75, 3.05) is 20.1 Å². The molecule has 1 aromatic carbocycles. The first kappa shape index (κ1) is 14.1. The van der Waals surface area contributed by atoms with E-state index < -0.39 is 0 Å². The van der Waals surface area contributed by atoms with Crippen LogP contribution in [-0.2, 0) is 6.42 Å². The van der Waals surface area contributed by atoms with Crippen molar-refractivity contribution in [2.24, 2.45) is 5.92 Å². The first-order valence-corrected chi connectivity index (χ1v) is 8.26. The first-order valence-electron chi connectivity index (χ1n) is 8.26. The smallest absolute Gasteiger partial charge is 0.0325 e. The molecule has 1 heterocycles. The summed E-state index contributed by atoms with van der Waals surface area (Å²) in [6.07, 6.45) is 6.58. The van der Waals surface area contributed by atoms with Gasteiger partial charge in [0.25, 0.3) is 0 Å². The van der Waals surface area contributed by atoms with E-state index in [2.05, 4.69) is 48.5 Å². The van der Waals surface area contributed by atoms with Gasteiger partial charge in [0.15, 0.2) is 0 Å². The Kier molecular flexibility index (Phi) is 4.42. The molecule has 0 radical (unpaired) electrons. The molecule has 1 aliphatic carbocycles. The second-order valence-corrected chi connectivity index (χ2v) is 6.74. The van der Waals surface area contributed by atoms with Gasteiger partial charge in [0.1, 0.15) is 0 Å². The highest BCUT2D eigenvalue weighted by molar-refractivity contribution is 5.32. The zero-order valence-electron chi connectivity index (χ0n) is 12.9. The Morgan fingerprint density at radius 1 is 1.15 bits per heavy atom. The number of fused-ring (bicyclic) bond motifs is 1. The minimum atomic E-state index is 0.578. The van der Waals surface area contributed by atoms with Crippen LogP contribution >= 0.6 is 0 Å². The van der Waals surface area contributed by atoms with Crippen molar-refractivity contribution in [2.45, 2.75) is 51.1 Å². The van der Waals surface area contributed by atoms with Crippen molar-refractivity contribution in [1.29, 1.82) is 0 Å². The van der Waals surface area contributed by atoms with Gasteiger partial charge in [0, 0.05) is 12.1 Å². The molecule has 2 aliphatic rings. The number of nitrogens with zero attached hydrogens (tertiary/aromatic N) is 1. The first-order chi connectivity index (χ1) is 9.74. The standard InChI is InChI=1S/C18H28N2/c1-14(15-10-12-20(2)13-11-15)19-18-9-5-7-16-6-3-4-8-17(16)18/h3-4,6,8,14-15,18-19H,5,7,9-13H2,1-2H3. The maximum absolute atomic E-state index is 3.94. The molecule has 2 atom stereocenters. The normalized spacial score (nSPS) is 26.2. The summed E-state index contributed by atoms with van der Waals surface area (Å²) in [4.78, 5) is 2.46. The van der Waals surface area contributed by atoms with Crippen LogP contribution in [0.4, 0.5) is 0 Å². The van der Waals surface area contributed by atoms with Crippen molar-refractivity contribution >= 4 is 0 Å². The monoisotopic (exact) mass is 272 g/mol. The van der Waals surface area contributed by atoms with Gasteiger partial charge in [-0.15, -0.1) is 0 Å². The molecular weight excluding hydrogens is 244 g/mol. The molecule has 1 N–H and O–H groups in total. The second-order valence-electron chi connectivity index (χ2n) is 6.74. The molecule has 0 amide bonds. The highest BCUT2D eigenvalue weighted by Crippen LogP contribution is 2.31. The van der Waals surface area contributed by atoms with Gasteiger partial charge in [-0.25, -0.2) is 0 Å². The van der Waals surface area contributed by atoms with Crippen LogP contribution in [-0.4, -0.2) is 31.1 Å². The molecule has 20 heavy (non-hydrogen) atoms. The van der Waals surface area contributed by atoms with Crippen molar-refractivity contribution < 1.29 is 0 Å². The van der Waals surface area contributed by atoms with Gasteiger partial charge in [0.05, 0.1) is 0 Å². The molecule has 2 nitrogen and oxygen atoms in total. The van der Waals surface area contributed by atoms with Gasteiger partial charge >= 0.3 is 0 Å². The number of nitrogens with one attached hydrogen (secondary N) is 1. The lowest BCUT2D eigenvalue weighted by Crippen LogP contribution is -2.42. The number of hydrogen-bond donors (Lipinski definition) is 1. The summed E-state index contributed by atoms with van der Waals surface area (Å²) in [7, 11) is 2.24. The quantitative estimate of drug-likeness (QED) is 0.907. The predicted octanol–water partition coefficient (Wildman–Crippen LogP) is 3.38. The van der Waals surface area contributed by atoms with Crippen LogP contribution in [0.2, 0.25) is 0 Å². The molecule has 110 valence electrons. The van der Waals surface area contributed by atoms with Gasteiger partial charge in [0.2, 0.25) is 0 Å². The van der Waals surface area contributed by atoms with Crippen LogP contribution in [0.5, 0.6) is 0 Å². The maximum atomic E-state index is 3.94. The van der Waals surface area contributed by atoms with Crippen molar-refractivity contribution in [3.05, 3.63) is 35.4 Å². The van der Waals surface area contributed by atoms with E-state index in [1.165, 1.54) is 45.2 Å².